The summed E-state index contributed by atoms with van der Waals surface area (Å²) in [5, 5.41) is 17.3. The van der Waals surface area contributed by atoms with E-state index in [1.807, 2.05) is 24.3 Å². The first kappa shape index (κ1) is 13.5. The van der Waals surface area contributed by atoms with E-state index in [-0.39, 0.29) is 12.5 Å². The van der Waals surface area contributed by atoms with Crippen LogP contribution in [0.5, 0.6) is 5.75 Å². The zero-order valence-electron chi connectivity index (χ0n) is 9.61. The van der Waals surface area contributed by atoms with Crippen molar-refractivity contribution in [2.24, 2.45) is 0 Å². The summed E-state index contributed by atoms with van der Waals surface area (Å²) >= 11 is 3.48. The van der Waals surface area contributed by atoms with Gasteiger partial charge in [0.25, 0.3) is 0 Å². The first-order valence-corrected chi connectivity index (χ1v) is 6.18. The van der Waals surface area contributed by atoms with Crippen molar-refractivity contribution in [3.05, 3.63) is 28.2 Å². The van der Waals surface area contributed by atoms with Crippen LogP contribution in [0.3, 0.4) is 0 Å². The van der Waals surface area contributed by atoms with Gasteiger partial charge in [0.1, 0.15) is 11.8 Å². The maximum absolute atomic E-state index is 8.79. The molecule has 88 valence electrons. The highest BCUT2D eigenvalue weighted by Crippen LogP contribution is 2.32. The second-order valence-electron chi connectivity index (χ2n) is 3.60. The Morgan fingerprint density at radius 3 is 2.71 bits per heavy atom. The van der Waals surface area contributed by atoms with Crippen LogP contribution in [0.15, 0.2) is 22.7 Å². The molecule has 0 aliphatic rings. The van der Waals surface area contributed by atoms with Crippen LogP contribution >= 0.6 is 15.9 Å². The van der Waals surface area contributed by atoms with Crippen LogP contribution < -0.4 is 4.74 Å². The summed E-state index contributed by atoms with van der Waals surface area (Å²) in [6.07, 6.45) is 1.38. The molecule has 0 radical (unpaired) electrons. The number of hydrogen-bond donors (Lipinski definition) is 0. The summed E-state index contributed by atoms with van der Waals surface area (Å²) in [6, 6.07) is 9.72. The van der Waals surface area contributed by atoms with Crippen molar-refractivity contribution >= 4 is 15.9 Å². The molecule has 0 fully saturated rings. The third-order valence-corrected chi connectivity index (χ3v) is 3.26. The Hall–Kier alpha value is -1.52. The molecule has 4 heteroatoms. The molecular formula is C13H13BrN2O. The third kappa shape index (κ3) is 3.76. The molecule has 3 nitrogen and oxygen atoms in total. The van der Waals surface area contributed by atoms with E-state index in [4.69, 9.17) is 15.3 Å². The summed E-state index contributed by atoms with van der Waals surface area (Å²) in [4.78, 5) is 0. The lowest BCUT2D eigenvalue weighted by atomic mass is 9.94. The highest BCUT2D eigenvalue weighted by Gasteiger charge is 2.13. The number of hydrogen-bond acceptors (Lipinski definition) is 3. The predicted octanol–water partition coefficient (Wildman–Crippen LogP) is 3.76. The van der Waals surface area contributed by atoms with Gasteiger partial charge in [-0.1, -0.05) is 22.9 Å². The molecule has 0 heterocycles. The summed E-state index contributed by atoms with van der Waals surface area (Å²) in [6.45, 7) is 2.09. The molecule has 0 aliphatic carbocycles. The molecule has 1 rings (SSSR count). The molecule has 0 aromatic heterocycles. The van der Waals surface area contributed by atoms with Gasteiger partial charge in [-0.15, -0.1) is 0 Å². The molecule has 1 atom stereocenters. The van der Waals surface area contributed by atoms with Gasteiger partial charge in [-0.25, -0.2) is 0 Å². The number of nitriles is 2. The van der Waals surface area contributed by atoms with Crippen LogP contribution in [-0.4, -0.2) is 6.61 Å². The maximum atomic E-state index is 8.79. The minimum Gasteiger partial charge on any atom is -0.479 e. The lowest BCUT2D eigenvalue weighted by Crippen LogP contribution is -2.00. The molecule has 0 saturated carbocycles. The zero-order chi connectivity index (χ0) is 12.7. The molecule has 1 unspecified atom stereocenters. The third-order valence-electron chi connectivity index (χ3n) is 2.54. The Bertz CT molecular complexity index is 459. The van der Waals surface area contributed by atoms with E-state index in [0.29, 0.717) is 12.2 Å². The van der Waals surface area contributed by atoms with E-state index >= 15 is 0 Å². The molecule has 0 saturated heterocycles. The summed E-state index contributed by atoms with van der Waals surface area (Å²) in [5.41, 5.74) is 1.06. The molecule has 0 aliphatic heterocycles. The van der Waals surface area contributed by atoms with Crippen LogP contribution in [0.4, 0.5) is 0 Å². The van der Waals surface area contributed by atoms with Crippen molar-refractivity contribution in [2.45, 2.75) is 25.7 Å². The molecule has 1 aromatic rings. The topological polar surface area (TPSA) is 56.8 Å². The molecule has 1 aromatic carbocycles. The fourth-order valence-electron chi connectivity index (χ4n) is 1.62. The summed E-state index contributed by atoms with van der Waals surface area (Å²) in [7, 11) is 0. The average Bonchev–Trinajstić information content (AvgIpc) is 2.35. The Kier molecular flexibility index (Phi) is 5.52. The predicted molar refractivity (Wildman–Crippen MR) is 68.5 cm³/mol. The first-order chi connectivity index (χ1) is 8.22. The van der Waals surface area contributed by atoms with Crippen LogP contribution in [0, 0.1) is 22.7 Å². The lowest BCUT2D eigenvalue weighted by Gasteiger charge is -2.15. The standard InChI is InChI=1S/C13H13BrN2O/c1-2-10(5-6-15)12-9-11(17-8-7-16)3-4-13(12)14/h3-4,9-10H,2,5,8H2,1H3. The highest BCUT2D eigenvalue weighted by molar-refractivity contribution is 9.10. The fourth-order valence-corrected chi connectivity index (χ4v) is 2.19. The van der Waals surface area contributed by atoms with Gasteiger partial charge in [-0.05, 0) is 36.1 Å². The maximum Gasteiger partial charge on any atom is 0.174 e. The van der Waals surface area contributed by atoms with E-state index in [2.05, 4.69) is 28.9 Å². The van der Waals surface area contributed by atoms with Crippen LogP contribution in [0.25, 0.3) is 0 Å². The molecule has 0 bridgehead atoms. The average molecular weight is 293 g/mol. The van der Waals surface area contributed by atoms with Gasteiger partial charge in [0.2, 0.25) is 0 Å². The Balaban J connectivity index is 2.97. The van der Waals surface area contributed by atoms with Gasteiger partial charge in [0.15, 0.2) is 6.61 Å². The van der Waals surface area contributed by atoms with Crippen molar-refractivity contribution in [1.29, 1.82) is 10.5 Å². The lowest BCUT2D eigenvalue weighted by molar-refractivity contribution is 0.367. The van der Waals surface area contributed by atoms with Gasteiger partial charge in [-0.2, -0.15) is 10.5 Å². The van der Waals surface area contributed by atoms with Gasteiger partial charge in [-0.3, -0.25) is 0 Å². The molecule has 0 amide bonds. The second kappa shape index (κ2) is 6.93. The Morgan fingerprint density at radius 2 is 2.12 bits per heavy atom. The number of ether oxygens (including phenoxy) is 1. The van der Waals surface area contributed by atoms with Crippen LogP contribution in [0.2, 0.25) is 0 Å². The highest BCUT2D eigenvalue weighted by atomic mass is 79.9. The minimum absolute atomic E-state index is 0.0378. The smallest absolute Gasteiger partial charge is 0.174 e. The summed E-state index contributed by atoms with van der Waals surface area (Å²) < 4.78 is 6.23. The monoisotopic (exact) mass is 292 g/mol. The largest absolute Gasteiger partial charge is 0.479 e. The van der Waals surface area contributed by atoms with Crippen LogP contribution in [-0.2, 0) is 0 Å². The second-order valence-corrected chi connectivity index (χ2v) is 4.45. The molecule has 0 spiro atoms. The van der Waals surface area contributed by atoms with Crippen molar-refractivity contribution in [1.82, 2.24) is 0 Å². The number of benzene rings is 1. The normalized spacial score (nSPS) is 11.3. The SMILES string of the molecule is CCC(CC#N)c1cc(OCC#N)ccc1Br. The van der Waals surface area contributed by atoms with Crippen molar-refractivity contribution in [3.8, 4) is 17.9 Å². The van der Waals surface area contributed by atoms with E-state index in [1.54, 1.807) is 0 Å². The van der Waals surface area contributed by atoms with E-state index in [0.717, 1.165) is 16.5 Å². The molecule has 0 N–H and O–H groups in total. The van der Waals surface area contributed by atoms with Crippen molar-refractivity contribution in [2.75, 3.05) is 6.61 Å². The van der Waals surface area contributed by atoms with Crippen LogP contribution in [0.1, 0.15) is 31.2 Å². The minimum atomic E-state index is 0.0378. The fraction of sp³-hybridized carbons (Fsp3) is 0.385. The van der Waals surface area contributed by atoms with Gasteiger partial charge >= 0.3 is 0 Å². The van der Waals surface area contributed by atoms with E-state index < -0.39 is 0 Å². The number of halogens is 1. The van der Waals surface area contributed by atoms with Gasteiger partial charge in [0, 0.05) is 10.9 Å². The summed E-state index contributed by atoms with van der Waals surface area (Å²) in [5.74, 6) is 0.862. The quantitative estimate of drug-likeness (QED) is 0.830. The number of nitrogens with zero attached hydrogens (tertiary/aromatic N) is 2. The molecular weight excluding hydrogens is 280 g/mol. The van der Waals surface area contributed by atoms with Crippen molar-refractivity contribution < 1.29 is 4.74 Å². The van der Waals surface area contributed by atoms with Gasteiger partial charge < -0.3 is 4.74 Å². The van der Waals surface area contributed by atoms with Crippen molar-refractivity contribution in [3.63, 3.8) is 0 Å². The van der Waals surface area contributed by atoms with Gasteiger partial charge in [0.05, 0.1) is 6.07 Å². The Labute approximate surface area is 110 Å². The zero-order valence-corrected chi connectivity index (χ0v) is 11.2. The first-order valence-electron chi connectivity index (χ1n) is 5.39. The van der Waals surface area contributed by atoms with E-state index in [9.17, 15) is 0 Å². The Morgan fingerprint density at radius 1 is 1.35 bits per heavy atom. The van der Waals surface area contributed by atoms with E-state index in [1.165, 1.54) is 0 Å². The molecule has 17 heavy (non-hydrogen) atoms. The number of rotatable bonds is 5.